The summed E-state index contributed by atoms with van der Waals surface area (Å²) in [5.74, 6) is -0.631. The number of methoxy groups -OCH3 is 1. The van der Waals surface area contributed by atoms with Gasteiger partial charge in [0.15, 0.2) is 11.5 Å². The first-order valence-electron chi connectivity index (χ1n) is 5.39. The van der Waals surface area contributed by atoms with E-state index in [-0.39, 0.29) is 17.1 Å². The Morgan fingerprint density at radius 1 is 1.05 bits per heavy atom. The van der Waals surface area contributed by atoms with Crippen molar-refractivity contribution in [3.05, 3.63) is 54.1 Å². The molecule has 5 nitrogen and oxygen atoms in total. The van der Waals surface area contributed by atoms with Crippen LogP contribution in [0.1, 0.15) is 10.4 Å². The number of ether oxygens (including phenoxy) is 1. The molecule has 0 aliphatic heterocycles. The molecule has 100 valence electrons. The van der Waals surface area contributed by atoms with E-state index in [4.69, 9.17) is 20.1 Å². The van der Waals surface area contributed by atoms with Crippen LogP contribution in [0, 0.1) is 0 Å². The van der Waals surface area contributed by atoms with Crippen LogP contribution in [0.4, 0.5) is 0 Å². The zero-order valence-electron chi connectivity index (χ0n) is 10.3. The van der Waals surface area contributed by atoms with Gasteiger partial charge in [-0.3, -0.25) is 0 Å². The number of para-hydroxylation sites is 1. The minimum Gasteiger partial charge on any atom is -0.508 e. The van der Waals surface area contributed by atoms with Gasteiger partial charge in [-0.15, -0.1) is 0 Å². The van der Waals surface area contributed by atoms with Crippen LogP contribution in [0.5, 0.6) is 17.2 Å². The lowest BCUT2D eigenvalue weighted by Crippen LogP contribution is -1.96. The predicted octanol–water partition coefficient (Wildman–Crippen LogP) is 2.49. The van der Waals surface area contributed by atoms with Gasteiger partial charge in [-0.2, -0.15) is 0 Å². The van der Waals surface area contributed by atoms with Crippen LogP contribution < -0.4 is 4.74 Å². The van der Waals surface area contributed by atoms with E-state index in [9.17, 15) is 4.79 Å². The number of carbonyl (C=O) groups is 1. The molecule has 19 heavy (non-hydrogen) atoms. The van der Waals surface area contributed by atoms with E-state index >= 15 is 0 Å². The summed E-state index contributed by atoms with van der Waals surface area (Å²) in [5.41, 5.74) is 0.0876. The molecule has 2 aromatic carbocycles. The van der Waals surface area contributed by atoms with Crippen LogP contribution in [-0.4, -0.2) is 28.4 Å². The molecule has 0 aromatic heterocycles. The largest absolute Gasteiger partial charge is 0.508 e. The molecule has 0 aliphatic rings. The summed E-state index contributed by atoms with van der Waals surface area (Å²) >= 11 is 0. The number of hydrogen-bond acceptors (Lipinski definition) is 4. The average molecular weight is 262 g/mol. The molecule has 0 saturated carbocycles. The summed E-state index contributed by atoms with van der Waals surface area (Å²) < 4.78 is 4.72. The Balaban J connectivity index is 0.000000218. The number of phenolic OH excluding ortho intramolecular Hbond substituents is 2. The summed E-state index contributed by atoms with van der Waals surface area (Å²) in [6, 6.07) is 12.6. The number of hydrogen-bond donors (Lipinski definition) is 3. The van der Waals surface area contributed by atoms with E-state index < -0.39 is 5.97 Å². The van der Waals surface area contributed by atoms with Crippen LogP contribution in [0.3, 0.4) is 0 Å². The summed E-state index contributed by atoms with van der Waals surface area (Å²) in [5, 5.41) is 26.3. The highest BCUT2D eigenvalue weighted by molar-refractivity contribution is 5.88. The maximum absolute atomic E-state index is 10.4. The maximum atomic E-state index is 10.4. The standard InChI is InChI=1S/C8H8O4.C6H6O/c1-12-7-4-5(8(10)11)2-3-6(7)9;7-6-4-2-1-3-5-6/h2-4,9H,1H3,(H,10,11);1-5,7H. The van der Waals surface area contributed by atoms with Crippen molar-refractivity contribution in [3.63, 3.8) is 0 Å². The van der Waals surface area contributed by atoms with E-state index in [1.807, 2.05) is 6.07 Å². The van der Waals surface area contributed by atoms with E-state index in [1.165, 1.54) is 25.3 Å². The molecule has 0 atom stereocenters. The highest BCUT2D eigenvalue weighted by Crippen LogP contribution is 2.25. The van der Waals surface area contributed by atoms with Crippen molar-refractivity contribution in [2.45, 2.75) is 0 Å². The fraction of sp³-hybridized carbons (Fsp3) is 0.0714. The normalized spacial score (nSPS) is 9.11. The van der Waals surface area contributed by atoms with E-state index in [2.05, 4.69) is 0 Å². The maximum Gasteiger partial charge on any atom is 0.335 e. The molecule has 0 bridgehead atoms. The molecule has 3 N–H and O–H groups in total. The van der Waals surface area contributed by atoms with Crippen molar-refractivity contribution in [2.24, 2.45) is 0 Å². The van der Waals surface area contributed by atoms with Gasteiger partial charge in [0.2, 0.25) is 0 Å². The molecule has 0 spiro atoms. The van der Waals surface area contributed by atoms with Crippen molar-refractivity contribution in [1.82, 2.24) is 0 Å². The lowest BCUT2D eigenvalue weighted by Gasteiger charge is -2.02. The van der Waals surface area contributed by atoms with Gasteiger partial charge in [-0.25, -0.2) is 4.79 Å². The molecule has 2 rings (SSSR count). The Morgan fingerprint density at radius 3 is 2.11 bits per heavy atom. The highest BCUT2D eigenvalue weighted by atomic mass is 16.5. The molecule has 0 fully saturated rings. The molecule has 2 aromatic rings. The van der Waals surface area contributed by atoms with Crippen molar-refractivity contribution in [1.29, 1.82) is 0 Å². The second-order valence-electron chi connectivity index (χ2n) is 3.53. The number of carboxylic acid groups (broad SMARTS) is 1. The van der Waals surface area contributed by atoms with Crippen molar-refractivity contribution in [3.8, 4) is 17.2 Å². The smallest absolute Gasteiger partial charge is 0.335 e. The molecule has 0 unspecified atom stereocenters. The van der Waals surface area contributed by atoms with Gasteiger partial charge in [-0.05, 0) is 30.3 Å². The summed E-state index contributed by atoms with van der Waals surface area (Å²) in [7, 11) is 1.36. The first-order valence-corrected chi connectivity index (χ1v) is 5.39. The van der Waals surface area contributed by atoms with Crippen molar-refractivity contribution in [2.75, 3.05) is 7.11 Å². The Morgan fingerprint density at radius 2 is 1.68 bits per heavy atom. The topological polar surface area (TPSA) is 87.0 Å². The number of aromatic carboxylic acids is 1. The zero-order valence-corrected chi connectivity index (χ0v) is 10.3. The van der Waals surface area contributed by atoms with Crippen molar-refractivity contribution < 1.29 is 24.9 Å². The van der Waals surface area contributed by atoms with Gasteiger partial charge in [0.1, 0.15) is 5.75 Å². The monoisotopic (exact) mass is 262 g/mol. The van der Waals surface area contributed by atoms with E-state index in [0.717, 1.165) is 0 Å². The summed E-state index contributed by atoms with van der Waals surface area (Å²) in [6.07, 6.45) is 0. The van der Waals surface area contributed by atoms with Gasteiger partial charge < -0.3 is 20.1 Å². The fourth-order valence-corrected chi connectivity index (χ4v) is 1.24. The van der Waals surface area contributed by atoms with Gasteiger partial charge in [0, 0.05) is 0 Å². The number of phenols is 2. The van der Waals surface area contributed by atoms with E-state index in [1.54, 1.807) is 24.3 Å². The average Bonchev–Trinajstić information content (AvgIpc) is 2.40. The minimum atomic E-state index is -1.05. The molecule has 0 heterocycles. The third-order valence-electron chi connectivity index (χ3n) is 2.18. The number of aromatic hydroxyl groups is 2. The molecule has 0 amide bonds. The summed E-state index contributed by atoms with van der Waals surface area (Å²) in [4.78, 5) is 10.4. The van der Waals surface area contributed by atoms with Crippen LogP contribution in [-0.2, 0) is 0 Å². The van der Waals surface area contributed by atoms with Gasteiger partial charge in [0.05, 0.1) is 12.7 Å². The SMILES string of the molecule is COc1cc(C(=O)O)ccc1O.Oc1ccccc1. The van der Waals surface area contributed by atoms with Crippen molar-refractivity contribution >= 4 is 5.97 Å². The number of rotatable bonds is 2. The summed E-state index contributed by atoms with van der Waals surface area (Å²) in [6.45, 7) is 0. The third kappa shape index (κ3) is 4.59. The first-order chi connectivity index (χ1) is 9.04. The molecule has 0 radical (unpaired) electrons. The fourth-order valence-electron chi connectivity index (χ4n) is 1.24. The van der Waals surface area contributed by atoms with Gasteiger partial charge in [0.25, 0.3) is 0 Å². The lowest BCUT2D eigenvalue weighted by atomic mass is 10.2. The highest BCUT2D eigenvalue weighted by Gasteiger charge is 2.06. The Hall–Kier alpha value is -2.69. The predicted molar refractivity (Wildman–Crippen MR) is 69.7 cm³/mol. The lowest BCUT2D eigenvalue weighted by molar-refractivity contribution is 0.0696. The molecule has 0 aliphatic carbocycles. The Bertz CT molecular complexity index is 537. The Kier molecular flexibility index (Phi) is 5.22. The molecule has 5 heteroatoms. The van der Waals surface area contributed by atoms with Crippen LogP contribution in [0.25, 0.3) is 0 Å². The molecular weight excluding hydrogens is 248 g/mol. The van der Waals surface area contributed by atoms with Crippen LogP contribution in [0.15, 0.2) is 48.5 Å². The Labute approximate surface area is 110 Å². The number of benzene rings is 2. The quantitative estimate of drug-likeness (QED) is 0.774. The second kappa shape index (κ2) is 6.90. The second-order valence-corrected chi connectivity index (χ2v) is 3.53. The third-order valence-corrected chi connectivity index (χ3v) is 2.18. The van der Waals surface area contributed by atoms with E-state index in [0.29, 0.717) is 5.75 Å². The molecular formula is C14H14O5. The van der Waals surface area contributed by atoms with Gasteiger partial charge >= 0.3 is 5.97 Å². The van der Waals surface area contributed by atoms with Crippen LogP contribution in [0.2, 0.25) is 0 Å². The van der Waals surface area contributed by atoms with Crippen LogP contribution >= 0.6 is 0 Å². The number of carboxylic acids is 1. The zero-order chi connectivity index (χ0) is 14.3. The first kappa shape index (κ1) is 14.4. The van der Waals surface area contributed by atoms with Gasteiger partial charge in [-0.1, -0.05) is 18.2 Å². The minimum absolute atomic E-state index is 0.0671. The molecule has 0 saturated heterocycles.